The fourth-order valence-electron chi connectivity index (χ4n) is 3.64. The van der Waals surface area contributed by atoms with Crippen LogP contribution in [0.5, 0.6) is 0 Å². The zero-order valence-electron chi connectivity index (χ0n) is 22.4. The Balaban J connectivity index is 2.94. The van der Waals surface area contributed by atoms with E-state index >= 15 is 0 Å². The van der Waals surface area contributed by atoms with E-state index in [1.54, 1.807) is 21.0 Å². The van der Waals surface area contributed by atoms with Crippen LogP contribution in [0.15, 0.2) is 23.8 Å². The summed E-state index contributed by atoms with van der Waals surface area (Å²) in [6.07, 6.45) is 8.63. The standard InChI is InChI=1S/C26H46O6Si/c1-18(25(28)30-8)14-15-23(32-33(9,10)26(4,5)6)16-21-12-11-13-22(31-21)17-24(29-7)19(2)20(3)27/h11-12,14,19,21-24H,13,15-17H2,1-10H3/b18-14+/t19-,21-,22-,23-,24-/m0/s1. The second-order valence-electron chi connectivity index (χ2n) is 10.7. The van der Waals surface area contributed by atoms with Gasteiger partial charge >= 0.3 is 5.97 Å². The van der Waals surface area contributed by atoms with Crippen LogP contribution in [0.25, 0.3) is 0 Å². The first-order valence-corrected chi connectivity index (χ1v) is 14.9. The molecule has 6 nitrogen and oxygen atoms in total. The van der Waals surface area contributed by atoms with E-state index in [4.69, 9.17) is 18.6 Å². The molecule has 0 saturated carbocycles. The van der Waals surface area contributed by atoms with Crippen LogP contribution in [0.1, 0.15) is 67.2 Å². The summed E-state index contributed by atoms with van der Waals surface area (Å²) in [5.74, 6) is -0.357. The van der Waals surface area contributed by atoms with Crippen LogP contribution in [0.4, 0.5) is 0 Å². The highest BCUT2D eigenvalue weighted by molar-refractivity contribution is 6.74. The Morgan fingerprint density at radius 2 is 1.82 bits per heavy atom. The topological polar surface area (TPSA) is 71.1 Å². The van der Waals surface area contributed by atoms with Crippen LogP contribution < -0.4 is 0 Å². The average molecular weight is 483 g/mol. The van der Waals surface area contributed by atoms with Gasteiger partial charge in [-0.3, -0.25) is 4.79 Å². The molecule has 33 heavy (non-hydrogen) atoms. The number of hydrogen-bond donors (Lipinski definition) is 0. The minimum atomic E-state index is -2.02. The number of esters is 1. The maximum Gasteiger partial charge on any atom is 0.333 e. The normalized spacial score (nSPS) is 22.5. The van der Waals surface area contributed by atoms with Gasteiger partial charge in [-0.1, -0.05) is 45.9 Å². The Bertz CT molecular complexity index is 706. The van der Waals surface area contributed by atoms with Gasteiger partial charge in [-0.05, 0) is 44.8 Å². The molecule has 0 unspecified atom stereocenters. The molecule has 1 rings (SSSR count). The molecule has 0 amide bonds. The summed E-state index contributed by atoms with van der Waals surface area (Å²) in [7, 11) is 1.03. The highest BCUT2D eigenvalue weighted by atomic mass is 28.4. The van der Waals surface area contributed by atoms with Crippen molar-refractivity contribution in [1.82, 2.24) is 0 Å². The molecule has 0 N–H and O–H groups in total. The maximum absolute atomic E-state index is 11.8. The molecular formula is C26H46O6Si. The van der Waals surface area contributed by atoms with E-state index in [1.165, 1.54) is 7.11 Å². The first kappa shape index (κ1) is 29.7. The van der Waals surface area contributed by atoms with Crippen LogP contribution in [0.3, 0.4) is 0 Å². The van der Waals surface area contributed by atoms with Gasteiger partial charge in [-0.25, -0.2) is 4.79 Å². The lowest BCUT2D eigenvalue weighted by Gasteiger charge is -2.40. The van der Waals surface area contributed by atoms with Crippen molar-refractivity contribution < 1.29 is 28.2 Å². The second kappa shape index (κ2) is 13.0. The third kappa shape index (κ3) is 9.47. The van der Waals surface area contributed by atoms with Crippen molar-refractivity contribution in [2.24, 2.45) is 5.92 Å². The van der Waals surface area contributed by atoms with Crippen LogP contribution in [-0.2, 0) is 28.2 Å². The molecule has 1 aliphatic heterocycles. The zero-order chi connectivity index (χ0) is 25.4. The van der Waals surface area contributed by atoms with Crippen LogP contribution in [-0.4, -0.2) is 58.7 Å². The quantitative estimate of drug-likeness (QED) is 0.156. The lowest BCUT2D eigenvalue weighted by atomic mass is 9.93. The number of Topliss-reactive ketones (excluding diaryl/α,β-unsaturated/α-hetero) is 1. The molecule has 0 bridgehead atoms. The fraction of sp³-hybridized carbons (Fsp3) is 0.769. The first-order valence-electron chi connectivity index (χ1n) is 12.0. The van der Waals surface area contributed by atoms with E-state index in [0.29, 0.717) is 24.8 Å². The molecular weight excluding hydrogens is 436 g/mol. The number of methoxy groups -OCH3 is 2. The van der Waals surface area contributed by atoms with Gasteiger partial charge in [0.25, 0.3) is 0 Å². The molecule has 1 aliphatic rings. The average Bonchev–Trinajstić information content (AvgIpc) is 2.73. The molecule has 0 spiro atoms. The number of hydrogen-bond acceptors (Lipinski definition) is 6. The fourth-order valence-corrected chi connectivity index (χ4v) is 5.02. The van der Waals surface area contributed by atoms with Crippen LogP contribution >= 0.6 is 0 Å². The number of ketones is 1. The summed E-state index contributed by atoms with van der Waals surface area (Å²) >= 11 is 0. The highest BCUT2D eigenvalue weighted by Crippen LogP contribution is 2.38. The number of ether oxygens (including phenoxy) is 3. The van der Waals surface area contributed by atoms with E-state index in [9.17, 15) is 9.59 Å². The number of carbonyl (C=O) groups excluding carboxylic acids is 2. The third-order valence-electron chi connectivity index (χ3n) is 7.07. The van der Waals surface area contributed by atoms with Gasteiger partial charge in [-0.2, -0.15) is 0 Å². The van der Waals surface area contributed by atoms with E-state index in [-0.39, 0.29) is 47.1 Å². The van der Waals surface area contributed by atoms with Gasteiger partial charge in [0.1, 0.15) is 5.78 Å². The summed E-state index contributed by atoms with van der Waals surface area (Å²) in [5, 5.41) is 0.0761. The molecule has 0 aromatic heterocycles. The van der Waals surface area contributed by atoms with E-state index in [2.05, 4.69) is 46.0 Å². The maximum atomic E-state index is 11.8. The Kier molecular flexibility index (Phi) is 11.7. The van der Waals surface area contributed by atoms with Gasteiger partial charge < -0.3 is 18.6 Å². The van der Waals surface area contributed by atoms with Crippen molar-refractivity contribution in [3.05, 3.63) is 23.8 Å². The van der Waals surface area contributed by atoms with Crippen molar-refractivity contribution in [1.29, 1.82) is 0 Å². The van der Waals surface area contributed by atoms with Gasteiger partial charge in [-0.15, -0.1) is 0 Å². The summed E-state index contributed by atoms with van der Waals surface area (Å²) in [6.45, 7) is 16.4. The third-order valence-corrected chi connectivity index (χ3v) is 11.6. The Labute approximate surface area is 202 Å². The predicted octanol–water partition coefficient (Wildman–Crippen LogP) is 5.62. The van der Waals surface area contributed by atoms with E-state index in [1.807, 2.05) is 13.0 Å². The van der Waals surface area contributed by atoms with Gasteiger partial charge in [0.15, 0.2) is 8.32 Å². The number of carbonyl (C=O) groups is 2. The minimum Gasteiger partial charge on any atom is -0.466 e. The van der Waals surface area contributed by atoms with Gasteiger partial charge in [0, 0.05) is 31.4 Å². The highest BCUT2D eigenvalue weighted by Gasteiger charge is 2.39. The largest absolute Gasteiger partial charge is 0.466 e. The smallest absolute Gasteiger partial charge is 0.333 e. The molecule has 0 saturated heterocycles. The van der Waals surface area contributed by atoms with Crippen molar-refractivity contribution in [3.63, 3.8) is 0 Å². The van der Waals surface area contributed by atoms with E-state index < -0.39 is 8.32 Å². The molecule has 0 radical (unpaired) electrons. The molecule has 0 aromatic rings. The Hall–Kier alpha value is -1.28. The van der Waals surface area contributed by atoms with Crippen molar-refractivity contribution >= 4 is 20.1 Å². The molecule has 5 atom stereocenters. The minimum absolute atomic E-state index is 0.00683. The van der Waals surface area contributed by atoms with Gasteiger partial charge in [0.05, 0.1) is 31.5 Å². The van der Waals surface area contributed by atoms with Crippen molar-refractivity contribution in [2.45, 2.75) is 110 Å². The first-order chi connectivity index (χ1) is 15.2. The Morgan fingerprint density at radius 1 is 1.18 bits per heavy atom. The molecule has 1 heterocycles. The van der Waals surface area contributed by atoms with Crippen molar-refractivity contribution in [2.75, 3.05) is 14.2 Å². The van der Waals surface area contributed by atoms with Crippen molar-refractivity contribution in [3.8, 4) is 0 Å². The lowest BCUT2D eigenvalue weighted by molar-refractivity contribution is -0.136. The summed E-state index contributed by atoms with van der Waals surface area (Å²) < 4.78 is 23.6. The monoisotopic (exact) mass is 482 g/mol. The second-order valence-corrected chi connectivity index (χ2v) is 15.5. The van der Waals surface area contributed by atoms with Crippen LogP contribution in [0.2, 0.25) is 18.1 Å². The summed E-state index contributed by atoms with van der Waals surface area (Å²) in [6, 6.07) is 0. The molecule has 0 fully saturated rings. The van der Waals surface area contributed by atoms with Crippen LogP contribution in [0, 0.1) is 5.92 Å². The lowest BCUT2D eigenvalue weighted by Crippen LogP contribution is -2.45. The summed E-state index contributed by atoms with van der Waals surface area (Å²) in [5.41, 5.74) is 0.584. The van der Waals surface area contributed by atoms with Gasteiger partial charge in [0.2, 0.25) is 0 Å². The Morgan fingerprint density at radius 3 is 2.33 bits per heavy atom. The molecule has 0 aliphatic carbocycles. The SMILES string of the molecule is COC(=O)/C(C)=C/C[C@@H](C[C@@H]1C=CC[C@@H](C[C@H](OC)[C@@H](C)C(C)=O)O1)O[Si](C)(C)C(C)(C)C. The zero-order valence-corrected chi connectivity index (χ0v) is 23.4. The number of rotatable bonds is 12. The predicted molar refractivity (Wildman–Crippen MR) is 135 cm³/mol. The molecule has 0 aromatic carbocycles. The molecule has 7 heteroatoms. The summed E-state index contributed by atoms with van der Waals surface area (Å²) in [4.78, 5) is 23.7. The molecule has 190 valence electrons. The van der Waals surface area contributed by atoms with E-state index in [0.717, 1.165) is 6.42 Å².